The Kier molecular flexibility index (Phi) is 5.99. The van der Waals surface area contributed by atoms with E-state index in [0.717, 1.165) is 29.7 Å². The van der Waals surface area contributed by atoms with Gasteiger partial charge in [-0.2, -0.15) is 0 Å². The first kappa shape index (κ1) is 15.1. The van der Waals surface area contributed by atoms with Crippen molar-refractivity contribution in [3.63, 3.8) is 0 Å². The van der Waals surface area contributed by atoms with Gasteiger partial charge < -0.3 is 10.1 Å². The highest BCUT2D eigenvalue weighted by Crippen LogP contribution is 2.28. The first-order chi connectivity index (χ1) is 9.20. The van der Waals surface area contributed by atoms with Crippen LogP contribution in [0.3, 0.4) is 0 Å². The lowest BCUT2D eigenvalue weighted by Gasteiger charge is -2.27. The fourth-order valence-corrected chi connectivity index (χ4v) is 3.35. The molecule has 19 heavy (non-hydrogen) atoms. The van der Waals surface area contributed by atoms with Gasteiger partial charge in [0.2, 0.25) is 0 Å². The molecule has 2 nitrogen and oxygen atoms in total. The Morgan fingerprint density at radius 3 is 2.89 bits per heavy atom. The molecule has 0 heterocycles. The summed E-state index contributed by atoms with van der Waals surface area (Å²) in [6.45, 7) is 1.84. The lowest BCUT2D eigenvalue weighted by molar-refractivity contribution is 0.348. The fourth-order valence-electron chi connectivity index (χ4n) is 2.60. The van der Waals surface area contributed by atoms with E-state index in [1.54, 1.807) is 7.11 Å². The molecule has 1 aliphatic rings. The van der Waals surface area contributed by atoms with Gasteiger partial charge in [-0.25, -0.2) is 0 Å². The topological polar surface area (TPSA) is 21.3 Å². The summed E-state index contributed by atoms with van der Waals surface area (Å²) < 4.78 is 6.37. The summed E-state index contributed by atoms with van der Waals surface area (Å²) in [4.78, 5) is 0. The van der Waals surface area contributed by atoms with Gasteiger partial charge in [0.25, 0.3) is 0 Å². The van der Waals surface area contributed by atoms with Gasteiger partial charge in [0.15, 0.2) is 0 Å². The molecular weight excluding hydrogens is 326 g/mol. The van der Waals surface area contributed by atoms with Gasteiger partial charge in [0.1, 0.15) is 5.75 Å². The van der Waals surface area contributed by atoms with Crippen LogP contribution >= 0.6 is 27.5 Å². The van der Waals surface area contributed by atoms with Crippen LogP contribution in [0.25, 0.3) is 0 Å². The van der Waals surface area contributed by atoms with Crippen molar-refractivity contribution >= 4 is 27.5 Å². The molecule has 1 aromatic carbocycles. The second-order valence-corrected chi connectivity index (χ2v) is 6.56. The quantitative estimate of drug-likeness (QED) is 0.801. The molecule has 1 fully saturated rings. The molecule has 1 aromatic rings. The van der Waals surface area contributed by atoms with E-state index in [1.165, 1.54) is 24.8 Å². The van der Waals surface area contributed by atoms with Crippen molar-refractivity contribution in [1.29, 1.82) is 0 Å². The number of nitrogens with one attached hydrogen (secondary N) is 1. The maximum absolute atomic E-state index is 6.37. The average Bonchev–Trinajstić information content (AvgIpc) is 2.43. The Bertz CT molecular complexity index is 413. The number of rotatable bonds is 5. The van der Waals surface area contributed by atoms with Crippen molar-refractivity contribution in [2.24, 2.45) is 5.92 Å². The molecule has 106 valence electrons. The molecule has 1 N–H and O–H groups in total. The molecule has 2 rings (SSSR count). The molecule has 2 atom stereocenters. The second-order valence-electron chi connectivity index (χ2n) is 5.15. The number of hydrogen-bond acceptors (Lipinski definition) is 2. The molecule has 0 amide bonds. The summed E-state index contributed by atoms with van der Waals surface area (Å²) in [6.07, 6.45) is 5.02. The Balaban J connectivity index is 1.84. The lowest BCUT2D eigenvalue weighted by Crippen LogP contribution is -2.30. The molecule has 1 saturated carbocycles. The van der Waals surface area contributed by atoms with Gasteiger partial charge in [0.05, 0.1) is 7.11 Å². The molecule has 0 radical (unpaired) electrons. The highest BCUT2D eigenvalue weighted by atomic mass is 79.9. The zero-order valence-electron chi connectivity index (χ0n) is 11.3. The van der Waals surface area contributed by atoms with Crippen LogP contribution in [0.4, 0.5) is 0 Å². The van der Waals surface area contributed by atoms with E-state index in [-0.39, 0.29) is 0 Å². The first-order valence-electron chi connectivity index (χ1n) is 6.88. The zero-order chi connectivity index (χ0) is 13.7. The summed E-state index contributed by atoms with van der Waals surface area (Å²) in [7, 11) is 1.70. The van der Waals surface area contributed by atoms with E-state index in [1.807, 2.05) is 12.1 Å². The molecule has 0 saturated heterocycles. The number of alkyl halides is 1. The number of methoxy groups -OCH3 is 1. The first-order valence-corrected chi connectivity index (χ1v) is 8.11. The number of hydrogen-bond donors (Lipinski definition) is 1. The summed E-state index contributed by atoms with van der Waals surface area (Å²) >= 11 is 9.95. The maximum Gasteiger partial charge on any atom is 0.119 e. The molecule has 1 aliphatic carbocycles. The largest absolute Gasteiger partial charge is 0.497 e. The van der Waals surface area contributed by atoms with Gasteiger partial charge in [0, 0.05) is 16.4 Å². The van der Waals surface area contributed by atoms with Crippen molar-refractivity contribution in [3.8, 4) is 5.75 Å². The zero-order valence-corrected chi connectivity index (χ0v) is 13.6. The van der Waals surface area contributed by atoms with Crippen molar-refractivity contribution in [2.75, 3.05) is 13.7 Å². The normalized spacial score (nSPS) is 23.3. The molecule has 2 unspecified atom stereocenters. The monoisotopic (exact) mass is 345 g/mol. The van der Waals surface area contributed by atoms with E-state index in [9.17, 15) is 0 Å². The van der Waals surface area contributed by atoms with Crippen LogP contribution in [0.1, 0.15) is 31.2 Å². The summed E-state index contributed by atoms with van der Waals surface area (Å²) in [5.41, 5.74) is 1.22. The summed E-state index contributed by atoms with van der Waals surface area (Å²) in [5.74, 6) is 1.51. The van der Waals surface area contributed by atoms with E-state index in [0.29, 0.717) is 11.3 Å². The SMILES string of the molecule is COc1ccc(Br)c(CNCC2CCCCC2Cl)c1. The van der Waals surface area contributed by atoms with Gasteiger partial charge >= 0.3 is 0 Å². The van der Waals surface area contributed by atoms with Crippen LogP contribution in [0.5, 0.6) is 5.75 Å². The van der Waals surface area contributed by atoms with E-state index in [4.69, 9.17) is 16.3 Å². The molecule has 0 aliphatic heterocycles. The molecule has 0 aromatic heterocycles. The van der Waals surface area contributed by atoms with Crippen molar-refractivity contribution in [2.45, 2.75) is 37.6 Å². The predicted octanol–water partition coefficient (Wildman–Crippen LogP) is 4.34. The van der Waals surface area contributed by atoms with Crippen LogP contribution in [-0.2, 0) is 6.54 Å². The lowest BCUT2D eigenvalue weighted by atomic mass is 9.89. The minimum atomic E-state index is 0.343. The third-order valence-corrected chi connectivity index (χ3v) is 5.14. The number of halogens is 2. The van der Waals surface area contributed by atoms with Crippen molar-refractivity contribution < 1.29 is 4.74 Å². The van der Waals surface area contributed by atoms with Gasteiger partial charge in [-0.15, -0.1) is 11.6 Å². The molecule has 0 bridgehead atoms. The van der Waals surface area contributed by atoms with Crippen LogP contribution in [-0.4, -0.2) is 19.0 Å². The predicted molar refractivity (Wildman–Crippen MR) is 84.0 cm³/mol. The van der Waals surface area contributed by atoms with Crippen LogP contribution in [0.2, 0.25) is 0 Å². The average molecular weight is 347 g/mol. The highest BCUT2D eigenvalue weighted by molar-refractivity contribution is 9.10. The van der Waals surface area contributed by atoms with Crippen LogP contribution < -0.4 is 10.1 Å². The minimum absolute atomic E-state index is 0.343. The van der Waals surface area contributed by atoms with E-state index in [2.05, 4.69) is 27.3 Å². The third kappa shape index (κ3) is 4.37. The Morgan fingerprint density at radius 2 is 2.16 bits per heavy atom. The van der Waals surface area contributed by atoms with Crippen molar-refractivity contribution in [3.05, 3.63) is 28.2 Å². The summed E-state index contributed by atoms with van der Waals surface area (Å²) in [5, 5.41) is 3.87. The van der Waals surface area contributed by atoms with Crippen LogP contribution in [0.15, 0.2) is 22.7 Å². The Morgan fingerprint density at radius 1 is 1.37 bits per heavy atom. The van der Waals surface area contributed by atoms with E-state index < -0.39 is 0 Å². The second kappa shape index (κ2) is 7.51. The number of benzene rings is 1. The minimum Gasteiger partial charge on any atom is -0.497 e. The van der Waals surface area contributed by atoms with Crippen molar-refractivity contribution in [1.82, 2.24) is 5.32 Å². The van der Waals surface area contributed by atoms with Crippen LogP contribution in [0, 0.1) is 5.92 Å². The maximum atomic E-state index is 6.37. The Hall–Kier alpha value is -0.250. The molecule has 4 heteroatoms. The fraction of sp³-hybridized carbons (Fsp3) is 0.600. The van der Waals surface area contributed by atoms with Gasteiger partial charge in [-0.3, -0.25) is 0 Å². The number of ether oxygens (including phenoxy) is 1. The smallest absolute Gasteiger partial charge is 0.119 e. The molecular formula is C15H21BrClNO. The summed E-state index contributed by atoms with van der Waals surface area (Å²) in [6, 6.07) is 6.06. The third-order valence-electron chi connectivity index (χ3n) is 3.79. The van der Waals surface area contributed by atoms with E-state index >= 15 is 0 Å². The highest BCUT2D eigenvalue weighted by Gasteiger charge is 2.22. The Labute approximate surface area is 129 Å². The van der Waals surface area contributed by atoms with Gasteiger partial charge in [-0.05, 0) is 49.1 Å². The molecule has 0 spiro atoms. The van der Waals surface area contributed by atoms with Gasteiger partial charge in [-0.1, -0.05) is 28.8 Å². The standard InChI is InChI=1S/C15H21BrClNO/c1-19-13-6-7-14(16)12(8-13)10-18-9-11-4-2-3-5-15(11)17/h6-8,11,15,18H,2-5,9-10H2,1H3.